The van der Waals surface area contributed by atoms with E-state index >= 15 is 0 Å². The van der Waals surface area contributed by atoms with Crippen molar-refractivity contribution in [2.24, 2.45) is 0 Å². The third kappa shape index (κ3) is 2.37. The highest BCUT2D eigenvalue weighted by atomic mass is 16.1. The molecule has 0 spiro atoms. The maximum atomic E-state index is 12.6. The van der Waals surface area contributed by atoms with E-state index in [4.69, 9.17) is 10.1 Å². The summed E-state index contributed by atoms with van der Waals surface area (Å²) < 4.78 is 3.89. The molecule has 1 N–H and O–H groups in total. The number of imidazole rings is 1. The summed E-state index contributed by atoms with van der Waals surface area (Å²) in [6.07, 6.45) is 2.38. The number of hydrogen-bond donors (Lipinski definition) is 1. The first-order valence-corrected chi connectivity index (χ1v) is 9.02. The van der Waals surface area contributed by atoms with Crippen LogP contribution in [0.3, 0.4) is 0 Å². The quantitative estimate of drug-likeness (QED) is 0.596. The Labute approximate surface area is 156 Å². The first kappa shape index (κ1) is 15.8. The molecular formula is C21H19N5O. The number of fused-ring (bicyclic) bond motifs is 2. The van der Waals surface area contributed by atoms with Gasteiger partial charge in [0, 0.05) is 24.1 Å². The fourth-order valence-corrected chi connectivity index (χ4v) is 4.01. The van der Waals surface area contributed by atoms with E-state index in [1.54, 1.807) is 0 Å². The zero-order valence-corrected chi connectivity index (χ0v) is 15.2. The van der Waals surface area contributed by atoms with Crippen LogP contribution in [-0.4, -0.2) is 25.1 Å². The smallest absolute Gasteiger partial charge is 0.226 e. The van der Waals surface area contributed by atoms with Crippen molar-refractivity contribution in [1.29, 1.82) is 0 Å². The highest BCUT2D eigenvalue weighted by molar-refractivity contribution is 5.95. The highest BCUT2D eigenvalue weighted by Crippen LogP contribution is 2.41. The van der Waals surface area contributed by atoms with Crippen LogP contribution in [0.25, 0.3) is 11.2 Å². The Morgan fingerprint density at radius 2 is 1.85 bits per heavy atom. The number of pyridine rings is 1. The van der Waals surface area contributed by atoms with Crippen molar-refractivity contribution in [1.82, 2.24) is 19.2 Å². The summed E-state index contributed by atoms with van der Waals surface area (Å²) in [5.41, 5.74) is 4.84. The molecule has 1 unspecified atom stereocenters. The van der Waals surface area contributed by atoms with Gasteiger partial charge in [-0.3, -0.25) is 4.79 Å². The Morgan fingerprint density at radius 1 is 1.07 bits per heavy atom. The Kier molecular flexibility index (Phi) is 3.40. The average Bonchev–Trinajstić information content (AvgIpc) is 3.20. The van der Waals surface area contributed by atoms with Crippen LogP contribution in [-0.2, 0) is 4.79 Å². The van der Waals surface area contributed by atoms with E-state index in [9.17, 15) is 4.79 Å². The van der Waals surface area contributed by atoms with Crippen molar-refractivity contribution in [2.45, 2.75) is 26.2 Å². The topological polar surface area (TPSA) is 64.2 Å². The van der Waals surface area contributed by atoms with Gasteiger partial charge >= 0.3 is 0 Å². The minimum Gasteiger partial charge on any atom is -0.310 e. The van der Waals surface area contributed by atoms with E-state index in [1.165, 1.54) is 0 Å². The van der Waals surface area contributed by atoms with Gasteiger partial charge in [0.15, 0.2) is 0 Å². The molecular weight excluding hydrogens is 338 g/mol. The maximum absolute atomic E-state index is 12.6. The number of aryl methyl sites for hydroxylation is 2. The van der Waals surface area contributed by atoms with Gasteiger partial charge in [0.25, 0.3) is 0 Å². The van der Waals surface area contributed by atoms with Crippen LogP contribution < -0.4 is 5.32 Å². The molecule has 1 aliphatic heterocycles. The molecule has 5 rings (SSSR count). The van der Waals surface area contributed by atoms with Gasteiger partial charge in [-0.05, 0) is 38.1 Å². The third-order valence-corrected chi connectivity index (χ3v) is 5.19. The Hall–Kier alpha value is -3.41. The minimum atomic E-state index is -0.114. The molecule has 4 heterocycles. The highest BCUT2D eigenvalue weighted by Gasteiger charge is 2.35. The number of amides is 1. The molecule has 0 saturated heterocycles. The summed E-state index contributed by atoms with van der Waals surface area (Å²) in [6, 6.07) is 15.9. The van der Waals surface area contributed by atoms with Gasteiger partial charge in [0.1, 0.15) is 11.6 Å². The number of benzene rings is 1. The van der Waals surface area contributed by atoms with E-state index < -0.39 is 0 Å². The van der Waals surface area contributed by atoms with Crippen LogP contribution in [0.15, 0.2) is 54.7 Å². The number of carbonyl (C=O) groups excluding carboxylic acids is 1. The lowest BCUT2D eigenvalue weighted by Gasteiger charge is -2.23. The number of aromatic nitrogens is 4. The maximum Gasteiger partial charge on any atom is 0.226 e. The van der Waals surface area contributed by atoms with Crippen molar-refractivity contribution >= 4 is 17.2 Å². The minimum absolute atomic E-state index is 0.0145. The molecule has 0 aliphatic carbocycles. The number of para-hydroxylation sites is 1. The van der Waals surface area contributed by atoms with Crippen LogP contribution >= 0.6 is 0 Å². The lowest BCUT2D eigenvalue weighted by atomic mass is 9.88. The fourth-order valence-electron chi connectivity index (χ4n) is 4.01. The van der Waals surface area contributed by atoms with Crippen molar-refractivity contribution in [3.05, 3.63) is 77.5 Å². The van der Waals surface area contributed by atoms with Crippen LogP contribution in [0.1, 0.15) is 35.1 Å². The first-order valence-electron chi connectivity index (χ1n) is 9.02. The summed E-state index contributed by atoms with van der Waals surface area (Å²) in [5.74, 6) is 1.53. The zero-order valence-electron chi connectivity index (χ0n) is 15.2. The number of hydrogen-bond acceptors (Lipinski definition) is 3. The molecule has 0 saturated carbocycles. The number of rotatable bonds is 2. The number of nitrogens with zero attached hydrogens (tertiary/aromatic N) is 4. The summed E-state index contributed by atoms with van der Waals surface area (Å²) in [7, 11) is 0. The average molecular weight is 357 g/mol. The predicted molar refractivity (Wildman–Crippen MR) is 103 cm³/mol. The van der Waals surface area contributed by atoms with Gasteiger partial charge < -0.3 is 9.72 Å². The van der Waals surface area contributed by atoms with Gasteiger partial charge in [-0.2, -0.15) is 5.10 Å². The van der Waals surface area contributed by atoms with Crippen molar-refractivity contribution in [3.8, 4) is 5.69 Å². The second-order valence-electron chi connectivity index (χ2n) is 6.90. The Bertz CT molecular complexity index is 1170. The Balaban J connectivity index is 1.74. The lowest BCUT2D eigenvalue weighted by molar-refractivity contribution is -0.116. The zero-order chi connectivity index (χ0) is 18.5. The molecule has 27 heavy (non-hydrogen) atoms. The van der Waals surface area contributed by atoms with Crippen LogP contribution in [0, 0.1) is 13.8 Å². The number of anilines is 1. The third-order valence-electron chi connectivity index (χ3n) is 5.19. The molecule has 4 aromatic rings. The van der Waals surface area contributed by atoms with E-state index in [1.807, 2.05) is 67.2 Å². The van der Waals surface area contributed by atoms with Crippen molar-refractivity contribution in [3.63, 3.8) is 0 Å². The second kappa shape index (κ2) is 5.81. The van der Waals surface area contributed by atoms with Crippen LogP contribution in [0.2, 0.25) is 0 Å². The van der Waals surface area contributed by atoms with E-state index in [0.717, 1.165) is 39.8 Å². The number of carbonyl (C=O) groups is 1. The molecule has 0 fully saturated rings. The summed E-state index contributed by atoms with van der Waals surface area (Å²) in [5, 5.41) is 7.76. The summed E-state index contributed by atoms with van der Waals surface area (Å²) >= 11 is 0. The Morgan fingerprint density at radius 3 is 2.67 bits per heavy atom. The molecule has 1 aliphatic rings. The first-order chi connectivity index (χ1) is 13.1. The number of nitrogens with one attached hydrogen (secondary N) is 1. The molecule has 1 aromatic carbocycles. The van der Waals surface area contributed by atoms with E-state index in [0.29, 0.717) is 6.42 Å². The van der Waals surface area contributed by atoms with Gasteiger partial charge in [-0.1, -0.05) is 24.3 Å². The molecule has 1 atom stereocenters. The van der Waals surface area contributed by atoms with Crippen molar-refractivity contribution < 1.29 is 4.79 Å². The second-order valence-corrected chi connectivity index (χ2v) is 6.90. The molecule has 1 amide bonds. The molecule has 134 valence electrons. The molecule has 6 nitrogen and oxygen atoms in total. The van der Waals surface area contributed by atoms with Crippen molar-refractivity contribution in [2.75, 3.05) is 5.32 Å². The van der Waals surface area contributed by atoms with Gasteiger partial charge in [-0.25, -0.2) is 9.67 Å². The van der Waals surface area contributed by atoms with E-state index in [2.05, 4.69) is 15.8 Å². The van der Waals surface area contributed by atoms with E-state index in [-0.39, 0.29) is 11.8 Å². The van der Waals surface area contributed by atoms with Crippen LogP contribution in [0.5, 0.6) is 0 Å². The SMILES string of the molecule is Cc1nn(-c2ccccc2)c2c1C(c1nc(C)n3ccccc13)CC(=O)N2. The molecule has 0 bridgehead atoms. The van der Waals surface area contributed by atoms with Gasteiger partial charge in [-0.15, -0.1) is 0 Å². The molecule has 3 aromatic heterocycles. The largest absolute Gasteiger partial charge is 0.310 e. The summed E-state index contributed by atoms with van der Waals surface area (Å²) in [6.45, 7) is 3.98. The lowest BCUT2D eigenvalue weighted by Crippen LogP contribution is -2.25. The normalized spacial score (nSPS) is 16.4. The van der Waals surface area contributed by atoms with Gasteiger partial charge in [0.05, 0.1) is 22.6 Å². The standard InChI is InChI=1S/C21H19N5O/c1-13-19-16(20-17-10-6-7-11-25(17)14(2)22-20)12-18(27)23-21(19)26(24-13)15-8-4-3-5-9-15/h3-11,16H,12H2,1-2H3,(H,23,27). The van der Waals surface area contributed by atoms with Gasteiger partial charge in [0.2, 0.25) is 5.91 Å². The monoisotopic (exact) mass is 357 g/mol. The molecule has 6 heteroatoms. The molecule has 0 radical (unpaired) electrons. The fraction of sp³-hybridized carbons (Fsp3) is 0.190. The summed E-state index contributed by atoms with van der Waals surface area (Å²) in [4.78, 5) is 17.4. The predicted octanol–water partition coefficient (Wildman–Crippen LogP) is 3.61. The van der Waals surface area contributed by atoms with Crippen LogP contribution in [0.4, 0.5) is 5.82 Å².